The van der Waals surface area contributed by atoms with Crippen molar-refractivity contribution in [1.29, 1.82) is 0 Å². The highest BCUT2D eigenvalue weighted by Crippen LogP contribution is 2.37. The Morgan fingerprint density at radius 1 is 0.976 bits per heavy atom. The molecular weight excluding hydrogens is 530 g/mol. The number of carbonyl (C=O) groups excluding carboxylic acids is 2. The minimum Gasteiger partial charge on any atom is -0.399 e. The zero-order valence-electron chi connectivity index (χ0n) is 24.2. The third kappa shape index (κ3) is 4.81. The lowest BCUT2D eigenvalue weighted by molar-refractivity contribution is -0.135. The predicted molar refractivity (Wildman–Crippen MR) is 162 cm³/mol. The van der Waals surface area contributed by atoms with Gasteiger partial charge in [-0.25, -0.2) is 4.79 Å². The van der Waals surface area contributed by atoms with Gasteiger partial charge in [0.1, 0.15) is 6.04 Å². The van der Waals surface area contributed by atoms with E-state index in [1.54, 1.807) is 16.2 Å². The highest BCUT2D eigenvalue weighted by molar-refractivity contribution is 6.00. The first-order valence-corrected chi connectivity index (χ1v) is 15.4. The van der Waals surface area contributed by atoms with Crippen LogP contribution in [0.15, 0.2) is 47.4 Å². The second-order valence-corrected chi connectivity index (χ2v) is 12.6. The average molecular weight is 570 g/mol. The predicted octanol–water partition coefficient (Wildman–Crippen LogP) is 3.86. The largest absolute Gasteiger partial charge is 0.399 e. The van der Waals surface area contributed by atoms with Crippen LogP contribution in [0.1, 0.15) is 74.9 Å². The van der Waals surface area contributed by atoms with Gasteiger partial charge in [0.25, 0.3) is 0 Å². The number of aromatic nitrogens is 4. The number of anilines is 1. The number of hydrogen-bond donors (Lipinski definition) is 2. The summed E-state index contributed by atoms with van der Waals surface area (Å²) in [6.45, 7) is 3.25. The highest BCUT2D eigenvalue weighted by Gasteiger charge is 2.33. The van der Waals surface area contributed by atoms with Crippen molar-refractivity contribution in [2.24, 2.45) is 13.0 Å². The molecule has 1 saturated carbocycles. The van der Waals surface area contributed by atoms with Crippen molar-refractivity contribution in [3.8, 4) is 0 Å². The smallest absolute Gasteiger partial charge is 0.329 e. The second-order valence-electron chi connectivity index (χ2n) is 12.6. The van der Waals surface area contributed by atoms with Gasteiger partial charge < -0.3 is 10.6 Å². The molecule has 0 bridgehead atoms. The Morgan fingerprint density at radius 2 is 1.76 bits per heavy atom. The molecule has 10 nitrogen and oxygen atoms in total. The number of amides is 2. The van der Waals surface area contributed by atoms with Crippen LogP contribution in [0.2, 0.25) is 0 Å². The van der Waals surface area contributed by atoms with Gasteiger partial charge in [0, 0.05) is 37.3 Å². The number of para-hydroxylation sites is 1. The Kier molecular flexibility index (Phi) is 6.88. The maximum Gasteiger partial charge on any atom is 0.329 e. The van der Waals surface area contributed by atoms with Gasteiger partial charge in [-0.1, -0.05) is 12.1 Å². The molecular formula is C32H39N7O3. The first-order chi connectivity index (χ1) is 20.4. The van der Waals surface area contributed by atoms with Gasteiger partial charge >= 0.3 is 5.69 Å². The van der Waals surface area contributed by atoms with Gasteiger partial charge in [-0.05, 0) is 99.7 Å². The molecule has 7 rings (SSSR count). The summed E-state index contributed by atoms with van der Waals surface area (Å²) in [5.74, 6) is 0.413. The molecule has 2 saturated heterocycles. The van der Waals surface area contributed by atoms with Crippen LogP contribution in [0.4, 0.5) is 5.69 Å². The molecule has 0 radical (unpaired) electrons. The van der Waals surface area contributed by atoms with Crippen LogP contribution in [0.25, 0.3) is 21.9 Å². The summed E-state index contributed by atoms with van der Waals surface area (Å²) < 4.78 is 5.44. The van der Waals surface area contributed by atoms with E-state index in [4.69, 9.17) is 10.8 Å². The highest BCUT2D eigenvalue weighted by atomic mass is 16.2. The van der Waals surface area contributed by atoms with E-state index in [0.29, 0.717) is 24.3 Å². The number of carbonyl (C=O) groups is 2. The van der Waals surface area contributed by atoms with Gasteiger partial charge in [0.15, 0.2) is 0 Å². The molecule has 42 heavy (non-hydrogen) atoms. The number of rotatable bonds is 5. The van der Waals surface area contributed by atoms with Gasteiger partial charge in [-0.15, -0.1) is 0 Å². The van der Waals surface area contributed by atoms with Crippen LogP contribution >= 0.6 is 0 Å². The van der Waals surface area contributed by atoms with Gasteiger partial charge in [-0.2, -0.15) is 5.10 Å². The topological polar surface area (TPSA) is 120 Å². The zero-order chi connectivity index (χ0) is 29.0. The molecule has 2 amide bonds. The van der Waals surface area contributed by atoms with Crippen molar-refractivity contribution < 1.29 is 9.59 Å². The maximum atomic E-state index is 13.3. The Hall–Kier alpha value is -3.92. The number of nitrogens with zero attached hydrogens (tertiary/aromatic N) is 5. The summed E-state index contributed by atoms with van der Waals surface area (Å²) >= 11 is 0. The van der Waals surface area contributed by atoms with Gasteiger partial charge in [0.05, 0.1) is 22.6 Å². The van der Waals surface area contributed by atoms with E-state index in [-0.39, 0.29) is 18.0 Å². The molecule has 1 unspecified atom stereocenters. The van der Waals surface area contributed by atoms with Gasteiger partial charge in [0.2, 0.25) is 11.8 Å². The number of benzene rings is 2. The van der Waals surface area contributed by atoms with E-state index in [9.17, 15) is 14.4 Å². The standard InChI is InChI=1S/C32H39N7O3/c1-36-30-25(3-2-4-27(30)39(32(36)42)28-11-12-29(40)34-31(28)41)21-13-15-37(16-14-21)18-20-5-8-24(9-6-20)38-19-22-17-23(33)7-10-26(22)35-38/h2-4,7,10,17,19-21,24,28H,5-6,8-9,11-16,18,33H2,1H3,(H,34,40,41). The van der Waals surface area contributed by atoms with Crippen LogP contribution in [-0.4, -0.2) is 55.3 Å². The number of nitrogen functional groups attached to an aromatic ring is 1. The minimum atomic E-state index is -0.655. The lowest BCUT2D eigenvalue weighted by atomic mass is 9.84. The first kappa shape index (κ1) is 26.9. The van der Waals surface area contributed by atoms with E-state index < -0.39 is 11.9 Å². The molecule has 220 valence electrons. The van der Waals surface area contributed by atoms with Crippen molar-refractivity contribution in [1.82, 2.24) is 29.1 Å². The Bertz CT molecular complexity index is 1720. The van der Waals surface area contributed by atoms with Crippen LogP contribution in [0, 0.1) is 5.92 Å². The monoisotopic (exact) mass is 569 g/mol. The lowest BCUT2D eigenvalue weighted by Crippen LogP contribution is -2.44. The van der Waals surface area contributed by atoms with Crippen LogP contribution in [-0.2, 0) is 16.6 Å². The first-order valence-electron chi connectivity index (χ1n) is 15.4. The van der Waals surface area contributed by atoms with E-state index in [1.807, 2.05) is 30.3 Å². The van der Waals surface area contributed by atoms with E-state index in [1.165, 1.54) is 18.4 Å². The number of hydrogen-bond acceptors (Lipinski definition) is 6. The molecule has 1 atom stereocenters. The number of imide groups is 1. The maximum absolute atomic E-state index is 13.3. The third-order valence-electron chi connectivity index (χ3n) is 9.94. The fraction of sp³-hybridized carbons (Fsp3) is 0.500. The molecule has 1 aliphatic carbocycles. The van der Waals surface area contributed by atoms with Crippen LogP contribution in [0.3, 0.4) is 0 Å². The SMILES string of the molecule is Cn1c(=O)n(C2CCC(=O)NC2=O)c2cccc(C3CCN(CC4CCC(n5cc6cc(N)ccc6n5)CC4)CC3)c21. The fourth-order valence-corrected chi connectivity index (χ4v) is 7.66. The quantitative estimate of drug-likeness (QED) is 0.278. The van der Waals surface area contributed by atoms with Crippen molar-refractivity contribution in [2.45, 2.75) is 69.4 Å². The lowest BCUT2D eigenvalue weighted by Gasteiger charge is -2.37. The summed E-state index contributed by atoms with van der Waals surface area (Å²) in [5.41, 5.74) is 10.4. The molecule has 10 heteroatoms. The summed E-state index contributed by atoms with van der Waals surface area (Å²) in [6.07, 6.45) is 9.60. The average Bonchev–Trinajstić information content (AvgIpc) is 3.52. The van der Waals surface area contributed by atoms with Crippen molar-refractivity contribution >= 4 is 39.4 Å². The Morgan fingerprint density at radius 3 is 2.52 bits per heavy atom. The number of imidazole rings is 1. The summed E-state index contributed by atoms with van der Waals surface area (Å²) in [4.78, 5) is 40.3. The molecule has 2 aromatic heterocycles. The molecule has 4 aromatic rings. The van der Waals surface area contributed by atoms with Crippen molar-refractivity contribution in [3.63, 3.8) is 0 Å². The normalized spacial score (nSPS) is 24.5. The molecule has 4 heterocycles. The summed E-state index contributed by atoms with van der Waals surface area (Å²) in [7, 11) is 1.79. The van der Waals surface area contributed by atoms with Gasteiger partial charge in [-0.3, -0.25) is 28.7 Å². The zero-order valence-corrected chi connectivity index (χ0v) is 24.2. The number of aryl methyl sites for hydroxylation is 1. The summed E-state index contributed by atoms with van der Waals surface area (Å²) in [5, 5.41) is 8.33. The van der Waals surface area contributed by atoms with Crippen molar-refractivity contribution in [3.05, 3.63) is 58.6 Å². The van der Waals surface area contributed by atoms with E-state index >= 15 is 0 Å². The van der Waals surface area contributed by atoms with Crippen LogP contribution < -0.4 is 16.7 Å². The fourth-order valence-electron chi connectivity index (χ4n) is 7.66. The van der Waals surface area contributed by atoms with Crippen LogP contribution in [0.5, 0.6) is 0 Å². The Labute approximate surface area is 244 Å². The number of likely N-dealkylation sites (tertiary alicyclic amines) is 1. The number of nitrogens with two attached hydrogens (primary N) is 1. The van der Waals surface area contributed by atoms with Crippen molar-refractivity contribution in [2.75, 3.05) is 25.4 Å². The Balaban J connectivity index is 0.988. The minimum absolute atomic E-state index is 0.202. The third-order valence-corrected chi connectivity index (χ3v) is 9.94. The molecule has 0 spiro atoms. The molecule has 2 aromatic carbocycles. The number of piperidine rings is 2. The number of nitrogens with one attached hydrogen (secondary N) is 1. The molecule has 3 fully saturated rings. The summed E-state index contributed by atoms with van der Waals surface area (Å²) in [6, 6.07) is 11.8. The molecule has 3 N–H and O–H groups in total. The number of fused-ring (bicyclic) bond motifs is 2. The molecule has 2 aliphatic heterocycles. The molecule has 3 aliphatic rings. The second kappa shape index (κ2) is 10.7. The van der Waals surface area contributed by atoms with E-state index in [2.05, 4.69) is 27.2 Å². The van der Waals surface area contributed by atoms with E-state index in [0.717, 1.165) is 72.9 Å².